The Labute approximate surface area is 112 Å². The molecule has 0 radical (unpaired) electrons. The second-order valence-electron chi connectivity index (χ2n) is 4.31. The lowest BCUT2D eigenvalue weighted by molar-refractivity contribution is 0.760. The van der Waals surface area contributed by atoms with Crippen molar-refractivity contribution in [2.24, 2.45) is 7.05 Å². The summed E-state index contributed by atoms with van der Waals surface area (Å²) in [6.07, 6.45) is 6.93. The summed E-state index contributed by atoms with van der Waals surface area (Å²) in [6.45, 7) is 2.79. The largest absolute Gasteiger partial charge is 0.377 e. The molecule has 0 saturated carbocycles. The molecule has 5 nitrogen and oxygen atoms in total. The van der Waals surface area contributed by atoms with Gasteiger partial charge in [0.05, 0.1) is 24.1 Å². The van der Waals surface area contributed by atoms with Crippen molar-refractivity contribution in [1.29, 1.82) is 0 Å². The first-order valence-electron chi connectivity index (χ1n) is 6.14. The highest BCUT2D eigenvalue weighted by atomic mass is 35.5. The summed E-state index contributed by atoms with van der Waals surface area (Å²) in [6, 6.07) is 0. The number of rotatable bonds is 6. The van der Waals surface area contributed by atoms with Gasteiger partial charge in [0, 0.05) is 19.7 Å². The fourth-order valence-corrected chi connectivity index (χ4v) is 1.94. The van der Waals surface area contributed by atoms with E-state index in [4.69, 9.17) is 11.6 Å². The van der Waals surface area contributed by atoms with Crippen LogP contribution in [-0.4, -0.2) is 19.7 Å². The predicted octanol–water partition coefficient (Wildman–Crippen LogP) is 2.75. The summed E-state index contributed by atoms with van der Waals surface area (Å²) in [5.74, 6) is 0.963. The number of nitrogens with zero attached hydrogens (tertiary/aromatic N) is 3. The highest BCUT2D eigenvalue weighted by Crippen LogP contribution is 2.16. The highest BCUT2D eigenvalue weighted by molar-refractivity contribution is 6.30. The zero-order valence-corrected chi connectivity index (χ0v) is 11.5. The summed E-state index contributed by atoms with van der Waals surface area (Å²) in [7, 11) is 1.89. The van der Waals surface area contributed by atoms with Gasteiger partial charge in [0.2, 0.25) is 0 Å². The lowest BCUT2D eigenvalue weighted by Gasteiger charge is -2.01. The maximum Gasteiger partial charge on any atom is 0.152 e. The lowest BCUT2D eigenvalue weighted by Crippen LogP contribution is -1.99. The minimum atomic E-state index is 0.553. The Kier molecular flexibility index (Phi) is 4.25. The first kappa shape index (κ1) is 13.0. The number of aromatic amines is 1. The molecule has 0 aliphatic carbocycles. The van der Waals surface area contributed by atoms with E-state index < -0.39 is 0 Å². The molecule has 2 heterocycles. The second kappa shape index (κ2) is 5.91. The summed E-state index contributed by atoms with van der Waals surface area (Å²) in [5, 5.41) is 7.90. The van der Waals surface area contributed by atoms with E-state index in [0.29, 0.717) is 11.7 Å². The number of anilines is 1. The maximum absolute atomic E-state index is 6.09. The fraction of sp³-hybridized carbons (Fsp3) is 0.500. The monoisotopic (exact) mass is 267 g/mol. The number of halogens is 1. The van der Waals surface area contributed by atoms with E-state index in [9.17, 15) is 0 Å². The molecule has 98 valence electrons. The number of hydrogen-bond donors (Lipinski definition) is 2. The summed E-state index contributed by atoms with van der Waals surface area (Å²) in [5.41, 5.74) is 1.89. The third-order valence-electron chi connectivity index (χ3n) is 2.72. The molecule has 0 atom stereocenters. The van der Waals surface area contributed by atoms with Gasteiger partial charge in [0.25, 0.3) is 0 Å². The third-order valence-corrected chi connectivity index (χ3v) is 3.03. The van der Waals surface area contributed by atoms with Crippen molar-refractivity contribution in [2.45, 2.75) is 32.7 Å². The molecule has 2 aromatic rings. The molecule has 0 amide bonds. The van der Waals surface area contributed by atoms with Gasteiger partial charge in [-0.05, 0) is 6.42 Å². The molecule has 6 heteroatoms. The average Bonchev–Trinajstić information content (AvgIpc) is 2.90. The molecular weight excluding hydrogens is 250 g/mol. The van der Waals surface area contributed by atoms with E-state index in [1.807, 2.05) is 13.2 Å². The van der Waals surface area contributed by atoms with E-state index in [2.05, 4.69) is 27.3 Å². The topological polar surface area (TPSA) is 58.5 Å². The van der Waals surface area contributed by atoms with Gasteiger partial charge in [-0.15, -0.1) is 0 Å². The number of aromatic nitrogens is 4. The van der Waals surface area contributed by atoms with Crippen LogP contribution in [-0.2, 0) is 20.0 Å². The third kappa shape index (κ3) is 3.26. The first-order chi connectivity index (χ1) is 8.69. The maximum atomic E-state index is 6.09. The minimum Gasteiger partial charge on any atom is -0.377 e. The molecule has 0 bridgehead atoms. The number of imidazole rings is 1. The number of aryl methyl sites for hydroxylation is 2. The molecule has 0 aliphatic heterocycles. The molecule has 0 aliphatic rings. The Balaban J connectivity index is 1.94. The smallest absolute Gasteiger partial charge is 0.152 e. The molecule has 2 N–H and O–H groups in total. The zero-order valence-electron chi connectivity index (χ0n) is 10.7. The van der Waals surface area contributed by atoms with Crippen molar-refractivity contribution in [1.82, 2.24) is 19.7 Å². The van der Waals surface area contributed by atoms with E-state index in [1.165, 1.54) is 0 Å². The van der Waals surface area contributed by atoms with E-state index in [1.54, 1.807) is 10.9 Å². The second-order valence-corrected chi connectivity index (χ2v) is 4.67. The molecule has 2 rings (SSSR count). The highest BCUT2D eigenvalue weighted by Gasteiger charge is 2.07. The van der Waals surface area contributed by atoms with E-state index >= 15 is 0 Å². The molecule has 0 saturated heterocycles. The number of nitrogens with one attached hydrogen (secondary N) is 2. The number of hydrogen-bond acceptors (Lipinski definition) is 3. The van der Waals surface area contributed by atoms with Crippen LogP contribution in [0.3, 0.4) is 0 Å². The van der Waals surface area contributed by atoms with Gasteiger partial charge in [-0.3, -0.25) is 4.68 Å². The molecular formula is C12H18ClN5. The Morgan fingerprint density at radius 1 is 1.50 bits per heavy atom. The minimum absolute atomic E-state index is 0.553. The standard InChI is InChI=1S/C12H18ClN5/c1-3-4-5-11-16-10(12(13)17-11)7-14-9-6-15-18(2)8-9/h6,8,14H,3-5,7H2,1-2H3,(H,16,17). The van der Waals surface area contributed by atoms with Gasteiger partial charge < -0.3 is 10.3 Å². The van der Waals surface area contributed by atoms with E-state index in [-0.39, 0.29) is 0 Å². The Morgan fingerprint density at radius 3 is 3.00 bits per heavy atom. The quantitative estimate of drug-likeness (QED) is 0.846. The van der Waals surface area contributed by atoms with Crippen LogP contribution in [0.25, 0.3) is 0 Å². The van der Waals surface area contributed by atoms with Crippen LogP contribution in [0.15, 0.2) is 12.4 Å². The molecule has 2 aromatic heterocycles. The van der Waals surface area contributed by atoms with Gasteiger partial charge in [-0.25, -0.2) is 4.98 Å². The lowest BCUT2D eigenvalue weighted by atomic mass is 10.2. The fourth-order valence-electron chi connectivity index (χ4n) is 1.72. The molecule has 18 heavy (non-hydrogen) atoms. The van der Waals surface area contributed by atoms with Gasteiger partial charge >= 0.3 is 0 Å². The van der Waals surface area contributed by atoms with Crippen LogP contribution in [0.5, 0.6) is 0 Å². The van der Waals surface area contributed by atoms with E-state index in [0.717, 1.165) is 36.5 Å². The van der Waals surface area contributed by atoms with Crippen molar-refractivity contribution in [3.05, 3.63) is 29.1 Å². The Hall–Kier alpha value is -1.49. The van der Waals surface area contributed by atoms with Crippen LogP contribution < -0.4 is 5.32 Å². The number of H-pyrrole nitrogens is 1. The van der Waals surface area contributed by atoms with Crippen LogP contribution in [0, 0.1) is 0 Å². The van der Waals surface area contributed by atoms with Crippen LogP contribution in [0.4, 0.5) is 5.69 Å². The van der Waals surface area contributed by atoms with Gasteiger partial charge in [-0.1, -0.05) is 24.9 Å². The summed E-state index contributed by atoms with van der Waals surface area (Å²) >= 11 is 6.09. The van der Waals surface area contributed by atoms with Crippen LogP contribution in [0.2, 0.25) is 5.15 Å². The van der Waals surface area contributed by atoms with Gasteiger partial charge in [0.15, 0.2) is 5.15 Å². The zero-order chi connectivity index (χ0) is 13.0. The van der Waals surface area contributed by atoms with Crippen molar-refractivity contribution in [2.75, 3.05) is 5.32 Å². The summed E-state index contributed by atoms with van der Waals surface area (Å²) < 4.78 is 1.75. The molecule has 0 spiro atoms. The van der Waals surface area contributed by atoms with Crippen molar-refractivity contribution in [3.63, 3.8) is 0 Å². The Morgan fingerprint density at radius 2 is 2.33 bits per heavy atom. The average molecular weight is 268 g/mol. The first-order valence-corrected chi connectivity index (χ1v) is 6.52. The van der Waals surface area contributed by atoms with Crippen LogP contribution >= 0.6 is 11.6 Å². The molecule has 0 fully saturated rings. The van der Waals surface area contributed by atoms with Crippen molar-refractivity contribution >= 4 is 17.3 Å². The Bertz CT molecular complexity index is 502. The van der Waals surface area contributed by atoms with Gasteiger partial charge in [0.1, 0.15) is 5.82 Å². The SMILES string of the molecule is CCCCc1nc(Cl)c(CNc2cnn(C)c2)[nH]1. The van der Waals surface area contributed by atoms with Gasteiger partial charge in [-0.2, -0.15) is 5.10 Å². The predicted molar refractivity (Wildman–Crippen MR) is 72.7 cm³/mol. The van der Waals surface area contributed by atoms with Crippen molar-refractivity contribution in [3.8, 4) is 0 Å². The summed E-state index contributed by atoms with van der Waals surface area (Å²) in [4.78, 5) is 7.58. The van der Waals surface area contributed by atoms with Crippen molar-refractivity contribution < 1.29 is 0 Å². The number of unbranched alkanes of at least 4 members (excludes halogenated alkanes) is 1. The molecule has 0 unspecified atom stereocenters. The van der Waals surface area contributed by atoms with Crippen LogP contribution in [0.1, 0.15) is 31.3 Å². The molecule has 0 aromatic carbocycles. The normalized spacial score (nSPS) is 10.8.